The number of hydrogen-bond donors (Lipinski definition) is 1. The van der Waals surface area contributed by atoms with Gasteiger partial charge in [-0.15, -0.1) is 0 Å². The van der Waals surface area contributed by atoms with Crippen molar-refractivity contribution in [2.45, 2.75) is 32.8 Å². The number of rotatable bonds is 3. The summed E-state index contributed by atoms with van der Waals surface area (Å²) in [5.74, 6) is 0.731. The van der Waals surface area contributed by atoms with Gasteiger partial charge in [0.15, 0.2) is 6.61 Å². The van der Waals surface area contributed by atoms with Gasteiger partial charge in [-0.3, -0.25) is 4.79 Å². The number of aliphatic hydroxyl groups is 1. The highest BCUT2D eigenvalue weighted by atomic mass is 16.5. The molecule has 1 aromatic rings. The Labute approximate surface area is 114 Å². The van der Waals surface area contributed by atoms with E-state index in [-0.39, 0.29) is 12.5 Å². The average Bonchev–Trinajstić information content (AvgIpc) is 2.38. The molecule has 1 atom stereocenters. The number of benzene rings is 1. The van der Waals surface area contributed by atoms with Gasteiger partial charge in [0.1, 0.15) is 5.75 Å². The number of hydrogen-bond acceptors (Lipinski definition) is 3. The monoisotopic (exact) mass is 263 g/mol. The number of aliphatic hydroxyl groups excluding tert-OH is 1. The molecule has 4 heteroatoms. The second-order valence-corrected chi connectivity index (χ2v) is 5.15. The predicted octanol–water partition coefficient (Wildman–Crippen LogP) is 1.67. The highest BCUT2D eigenvalue weighted by molar-refractivity contribution is 5.78. The van der Waals surface area contributed by atoms with Gasteiger partial charge in [-0.25, -0.2) is 0 Å². The van der Waals surface area contributed by atoms with Crippen LogP contribution in [0.4, 0.5) is 0 Å². The summed E-state index contributed by atoms with van der Waals surface area (Å²) in [6.45, 7) is 5.12. The van der Waals surface area contributed by atoms with Gasteiger partial charge in [0.2, 0.25) is 0 Å². The molecule has 0 aliphatic carbocycles. The summed E-state index contributed by atoms with van der Waals surface area (Å²) in [6, 6.07) is 5.91. The number of para-hydroxylation sites is 1. The van der Waals surface area contributed by atoms with Crippen molar-refractivity contribution < 1.29 is 14.6 Å². The number of amides is 1. The molecule has 19 heavy (non-hydrogen) atoms. The van der Waals surface area contributed by atoms with E-state index in [1.165, 1.54) is 0 Å². The van der Waals surface area contributed by atoms with Gasteiger partial charge in [-0.1, -0.05) is 18.2 Å². The second kappa shape index (κ2) is 6.06. The SMILES string of the molecule is Cc1cccc(C)c1OCC(=O)N1CCC[C@H](O)C1. The van der Waals surface area contributed by atoms with Crippen LogP contribution in [0.3, 0.4) is 0 Å². The summed E-state index contributed by atoms with van der Waals surface area (Å²) >= 11 is 0. The van der Waals surface area contributed by atoms with Gasteiger partial charge in [-0.2, -0.15) is 0 Å². The Hall–Kier alpha value is -1.55. The van der Waals surface area contributed by atoms with Crippen molar-refractivity contribution in [2.24, 2.45) is 0 Å². The molecule has 0 bridgehead atoms. The van der Waals surface area contributed by atoms with E-state index in [4.69, 9.17) is 4.74 Å². The van der Waals surface area contributed by atoms with Crippen molar-refractivity contribution in [3.8, 4) is 5.75 Å². The summed E-state index contributed by atoms with van der Waals surface area (Å²) in [6.07, 6.45) is 1.25. The van der Waals surface area contributed by atoms with Crippen LogP contribution in [-0.2, 0) is 4.79 Å². The maximum Gasteiger partial charge on any atom is 0.260 e. The van der Waals surface area contributed by atoms with E-state index in [2.05, 4.69) is 0 Å². The molecule has 0 saturated carbocycles. The third-order valence-electron chi connectivity index (χ3n) is 3.50. The number of carbonyl (C=O) groups excluding carboxylic acids is 1. The normalized spacial score (nSPS) is 19.3. The number of ether oxygens (including phenoxy) is 1. The van der Waals surface area contributed by atoms with E-state index >= 15 is 0 Å². The Kier molecular flexibility index (Phi) is 4.43. The van der Waals surface area contributed by atoms with E-state index in [0.29, 0.717) is 13.1 Å². The van der Waals surface area contributed by atoms with E-state index in [0.717, 1.165) is 29.7 Å². The molecular weight excluding hydrogens is 242 g/mol. The molecule has 0 spiro atoms. The molecule has 1 saturated heterocycles. The maximum absolute atomic E-state index is 12.0. The number of nitrogens with zero attached hydrogens (tertiary/aromatic N) is 1. The molecule has 1 aliphatic heterocycles. The molecule has 1 fully saturated rings. The molecule has 1 amide bonds. The third kappa shape index (κ3) is 3.47. The summed E-state index contributed by atoms with van der Waals surface area (Å²) < 4.78 is 5.64. The van der Waals surface area contributed by atoms with E-state index in [1.54, 1.807) is 4.90 Å². The first-order chi connectivity index (χ1) is 9.08. The molecule has 1 N–H and O–H groups in total. The largest absolute Gasteiger partial charge is 0.483 e. The molecule has 0 aromatic heterocycles. The smallest absolute Gasteiger partial charge is 0.260 e. The lowest BCUT2D eigenvalue weighted by molar-refractivity contribution is -0.136. The number of aryl methyl sites for hydroxylation is 2. The van der Waals surface area contributed by atoms with Crippen LogP contribution >= 0.6 is 0 Å². The minimum atomic E-state index is -0.391. The highest BCUT2D eigenvalue weighted by Gasteiger charge is 2.22. The van der Waals surface area contributed by atoms with Crippen molar-refractivity contribution in [3.63, 3.8) is 0 Å². The molecule has 1 aliphatic rings. The quantitative estimate of drug-likeness (QED) is 0.902. The van der Waals surface area contributed by atoms with Gasteiger partial charge >= 0.3 is 0 Å². The van der Waals surface area contributed by atoms with Crippen molar-refractivity contribution >= 4 is 5.91 Å². The Bertz CT molecular complexity index is 438. The van der Waals surface area contributed by atoms with Crippen LogP contribution in [0.2, 0.25) is 0 Å². The lowest BCUT2D eigenvalue weighted by atomic mass is 10.1. The van der Waals surface area contributed by atoms with E-state index in [1.807, 2.05) is 32.0 Å². The second-order valence-electron chi connectivity index (χ2n) is 5.15. The maximum atomic E-state index is 12.0. The molecule has 1 heterocycles. The van der Waals surface area contributed by atoms with Crippen molar-refractivity contribution in [3.05, 3.63) is 29.3 Å². The summed E-state index contributed by atoms with van der Waals surface area (Å²) in [7, 11) is 0. The number of likely N-dealkylation sites (tertiary alicyclic amines) is 1. The molecule has 0 radical (unpaired) electrons. The number of β-amino-alcohol motifs (C(OH)–C–C–N with tert-alkyl or cyclic N) is 1. The van der Waals surface area contributed by atoms with Crippen LogP contribution in [0, 0.1) is 13.8 Å². The van der Waals surface area contributed by atoms with Gasteiger partial charge in [0.25, 0.3) is 5.91 Å². The molecule has 2 rings (SSSR count). The topological polar surface area (TPSA) is 49.8 Å². The van der Waals surface area contributed by atoms with Crippen LogP contribution in [0.1, 0.15) is 24.0 Å². The zero-order chi connectivity index (χ0) is 13.8. The Morgan fingerprint density at radius 3 is 2.74 bits per heavy atom. The first-order valence-corrected chi connectivity index (χ1v) is 6.73. The zero-order valence-electron chi connectivity index (χ0n) is 11.6. The van der Waals surface area contributed by atoms with Crippen LogP contribution in [0.15, 0.2) is 18.2 Å². The molecule has 104 valence electrons. The van der Waals surface area contributed by atoms with Crippen LogP contribution < -0.4 is 4.74 Å². The van der Waals surface area contributed by atoms with Crippen molar-refractivity contribution in [1.82, 2.24) is 4.90 Å². The Balaban J connectivity index is 1.93. The fourth-order valence-corrected chi connectivity index (χ4v) is 2.43. The van der Waals surface area contributed by atoms with Gasteiger partial charge in [0, 0.05) is 13.1 Å². The lowest BCUT2D eigenvalue weighted by Crippen LogP contribution is -2.44. The van der Waals surface area contributed by atoms with Gasteiger partial charge in [-0.05, 0) is 37.8 Å². The first-order valence-electron chi connectivity index (χ1n) is 6.73. The van der Waals surface area contributed by atoms with Crippen LogP contribution in [0.25, 0.3) is 0 Å². The average molecular weight is 263 g/mol. The predicted molar refractivity (Wildman–Crippen MR) is 73.2 cm³/mol. The fourth-order valence-electron chi connectivity index (χ4n) is 2.43. The Morgan fingerprint density at radius 1 is 1.42 bits per heavy atom. The summed E-state index contributed by atoms with van der Waals surface area (Å²) in [5.41, 5.74) is 2.07. The van der Waals surface area contributed by atoms with Gasteiger partial charge < -0.3 is 14.7 Å². The minimum Gasteiger partial charge on any atom is -0.483 e. The number of piperidine rings is 1. The minimum absolute atomic E-state index is 0.0401. The van der Waals surface area contributed by atoms with Crippen LogP contribution in [-0.4, -0.2) is 41.7 Å². The molecular formula is C15H21NO3. The van der Waals surface area contributed by atoms with Crippen molar-refractivity contribution in [1.29, 1.82) is 0 Å². The lowest BCUT2D eigenvalue weighted by Gasteiger charge is -2.30. The van der Waals surface area contributed by atoms with Gasteiger partial charge in [0.05, 0.1) is 6.10 Å². The van der Waals surface area contributed by atoms with Crippen LogP contribution in [0.5, 0.6) is 5.75 Å². The molecule has 4 nitrogen and oxygen atoms in total. The molecule has 0 unspecified atom stereocenters. The third-order valence-corrected chi connectivity index (χ3v) is 3.50. The molecule has 1 aromatic carbocycles. The fraction of sp³-hybridized carbons (Fsp3) is 0.533. The van der Waals surface area contributed by atoms with Crippen molar-refractivity contribution in [2.75, 3.05) is 19.7 Å². The Morgan fingerprint density at radius 2 is 2.11 bits per heavy atom. The highest BCUT2D eigenvalue weighted by Crippen LogP contribution is 2.22. The summed E-state index contributed by atoms with van der Waals surface area (Å²) in [5, 5.41) is 9.57. The van der Waals surface area contributed by atoms with E-state index in [9.17, 15) is 9.90 Å². The number of carbonyl (C=O) groups is 1. The standard InChI is InChI=1S/C15H21NO3/c1-11-5-3-6-12(2)15(11)19-10-14(18)16-8-4-7-13(17)9-16/h3,5-6,13,17H,4,7-10H2,1-2H3/t13-/m0/s1. The summed E-state index contributed by atoms with van der Waals surface area (Å²) in [4.78, 5) is 13.7. The zero-order valence-corrected chi connectivity index (χ0v) is 11.6. The first kappa shape index (κ1) is 13.9. The van der Waals surface area contributed by atoms with E-state index < -0.39 is 6.10 Å².